The fourth-order valence-electron chi connectivity index (χ4n) is 4.45. The summed E-state index contributed by atoms with van der Waals surface area (Å²) in [5.74, 6) is 0.618. The van der Waals surface area contributed by atoms with E-state index in [2.05, 4.69) is 72.8 Å². The van der Waals surface area contributed by atoms with E-state index < -0.39 is 0 Å². The Morgan fingerprint density at radius 1 is 1.08 bits per heavy atom. The normalized spacial score (nSPS) is 22.2. The number of hydrogen-bond donors (Lipinski definition) is 1. The van der Waals surface area contributed by atoms with E-state index in [0.717, 1.165) is 13.1 Å². The lowest BCUT2D eigenvalue weighted by Gasteiger charge is -2.20. The van der Waals surface area contributed by atoms with Crippen molar-refractivity contribution < 1.29 is 0 Å². The molecule has 1 fully saturated rings. The highest BCUT2D eigenvalue weighted by atomic mass is 15.2. The number of fused-ring (bicyclic) bond motifs is 3. The number of nitrogens with zero attached hydrogens (tertiary/aromatic N) is 2. The van der Waals surface area contributed by atoms with Gasteiger partial charge in [-0.05, 0) is 63.5 Å². The molecule has 0 spiro atoms. The maximum Gasteiger partial charge on any atom is 0.0494 e. The summed E-state index contributed by atoms with van der Waals surface area (Å²) in [6.07, 6.45) is 1.17. The Labute approximate surface area is 144 Å². The van der Waals surface area contributed by atoms with E-state index >= 15 is 0 Å². The van der Waals surface area contributed by atoms with Crippen molar-refractivity contribution in [1.82, 2.24) is 9.47 Å². The summed E-state index contributed by atoms with van der Waals surface area (Å²) in [4.78, 5) is 2.46. The van der Waals surface area contributed by atoms with Crippen LogP contribution in [0, 0.1) is 5.92 Å². The standard InChI is InChI=1S/C21H27N3/c1-14(2)24-19-7-5-4-6-17(19)18-11-16(8-9-20(18)24)21-10-15(12-22)13-23(21)3/h4-9,11,14-15,21H,10,12-13,22H2,1-3H3. The highest BCUT2D eigenvalue weighted by Gasteiger charge is 2.30. The summed E-state index contributed by atoms with van der Waals surface area (Å²) < 4.78 is 2.45. The second-order valence-corrected chi connectivity index (χ2v) is 7.55. The average Bonchev–Trinajstić information content (AvgIpc) is 3.12. The minimum absolute atomic E-state index is 0.453. The number of nitrogens with two attached hydrogens (primary N) is 1. The van der Waals surface area contributed by atoms with Crippen molar-refractivity contribution in [3.05, 3.63) is 48.0 Å². The van der Waals surface area contributed by atoms with Gasteiger partial charge in [0.25, 0.3) is 0 Å². The monoisotopic (exact) mass is 321 g/mol. The van der Waals surface area contributed by atoms with Crippen molar-refractivity contribution in [2.24, 2.45) is 11.7 Å². The van der Waals surface area contributed by atoms with E-state index in [0.29, 0.717) is 18.0 Å². The first kappa shape index (κ1) is 15.7. The molecule has 2 N–H and O–H groups in total. The molecule has 1 aliphatic rings. The van der Waals surface area contributed by atoms with Crippen molar-refractivity contribution in [2.45, 2.75) is 32.4 Å². The number of hydrogen-bond acceptors (Lipinski definition) is 2. The lowest BCUT2D eigenvalue weighted by atomic mass is 9.98. The van der Waals surface area contributed by atoms with Gasteiger partial charge in [0.2, 0.25) is 0 Å². The summed E-state index contributed by atoms with van der Waals surface area (Å²) >= 11 is 0. The Hall–Kier alpha value is -1.84. The van der Waals surface area contributed by atoms with E-state index in [-0.39, 0.29) is 0 Å². The van der Waals surface area contributed by atoms with Crippen molar-refractivity contribution in [2.75, 3.05) is 20.1 Å². The summed E-state index contributed by atoms with van der Waals surface area (Å²) in [5.41, 5.74) is 10.0. The Balaban J connectivity index is 1.88. The molecule has 0 saturated carbocycles. The van der Waals surface area contributed by atoms with Gasteiger partial charge in [-0.2, -0.15) is 0 Å². The minimum atomic E-state index is 0.453. The van der Waals surface area contributed by atoms with Crippen LogP contribution in [0.2, 0.25) is 0 Å². The molecule has 2 heterocycles. The molecular weight excluding hydrogens is 294 g/mol. The SMILES string of the molecule is CC(C)n1c2ccccc2c2cc(C3CC(CN)CN3C)ccc21. The first-order valence-corrected chi connectivity index (χ1v) is 9.03. The number of rotatable bonds is 3. The number of likely N-dealkylation sites (tertiary alicyclic amines) is 1. The second kappa shape index (κ2) is 5.91. The Kier molecular flexibility index (Phi) is 3.86. The molecule has 4 rings (SSSR count). The molecule has 0 amide bonds. The molecule has 1 saturated heterocycles. The molecule has 1 aromatic heterocycles. The summed E-state index contributed by atoms with van der Waals surface area (Å²) in [6, 6.07) is 16.8. The van der Waals surface area contributed by atoms with Crippen LogP contribution in [0.3, 0.4) is 0 Å². The third-order valence-electron chi connectivity index (χ3n) is 5.60. The van der Waals surface area contributed by atoms with Crippen molar-refractivity contribution >= 4 is 21.8 Å². The molecule has 1 aliphatic heterocycles. The van der Waals surface area contributed by atoms with Crippen LogP contribution >= 0.6 is 0 Å². The molecule has 0 radical (unpaired) electrons. The average molecular weight is 321 g/mol. The molecule has 24 heavy (non-hydrogen) atoms. The molecule has 0 aliphatic carbocycles. The van der Waals surface area contributed by atoms with Crippen LogP contribution in [0.25, 0.3) is 21.8 Å². The third-order valence-corrected chi connectivity index (χ3v) is 5.60. The molecule has 3 aromatic rings. The van der Waals surface area contributed by atoms with Crippen molar-refractivity contribution in [3.8, 4) is 0 Å². The predicted octanol–water partition coefficient (Wildman–Crippen LogP) is 4.33. The smallest absolute Gasteiger partial charge is 0.0494 e. The van der Waals surface area contributed by atoms with Gasteiger partial charge in [0.15, 0.2) is 0 Å². The van der Waals surface area contributed by atoms with Crippen LogP contribution in [0.1, 0.15) is 37.9 Å². The van der Waals surface area contributed by atoms with E-state index in [1.54, 1.807) is 0 Å². The van der Waals surface area contributed by atoms with Gasteiger partial charge < -0.3 is 10.3 Å². The topological polar surface area (TPSA) is 34.2 Å². The fraction of sp³-hybridized carbons (Fsp3) is 0.429. The molecule has 0 bridgehead atoms. The van der Waals surface area contributed by atoms with Gasteiger partial charge in [-0.1, -0.05) is 24.3 Å². The first-order valence-electron chi connectivity index (χ1n) is 9.03. The second-order valence-electron chi connectivity index (χ2n) is 7.55. The molecule has 3 nitrogen and oxygen atoms in total. The molecule has 2 atom stereocenters. The van der Waals surface area contributed by atoms with Crippen LogP contribution in [-0.4, -0.2) is 29.6 Å². The number of benzene rings is 2. The van der Waals surface area contributed by atoms with Gasteiger partial charge in [0, 0.05) is 40.4 Å². The van der Waals surface area contributed by atoms with Crippen LogP contribution in [-0.2, 0) is 0 Å². The third kappa shape index (κ3) is 2.35. The highest BCUT2D eigenvalue weighted by molar-refractivity contribution is 6.08. The van der Waals surface area contributed by atoms with Gasteiger partial charge in [-0.15, -0.1) is 0 Å². The zero-order valence-electron chi connectivity index (χ0n) is 14.9. The zero-order chi connectivity index (χ0) is 16.8. The molecule has 126 valence electrons. The van der Waals surface area contributed by atoms with Gasteiger partial charge in [0.1, 0.15) is 0 Å². The Morgan fingerprint density at radius 3 is 2.54 bits per heavy atom. The summed E-state index contributed by atoms with van der Waals surface area (Å²) in [7, 11) is 2.22. The number of para-hydroxylation sites is 1. The van der Waals surface area contributed by atoms with Crippen LogP contribution in [0.15, 0.2) is 42.5 Å². The van der Waals surface area contributed by atoms with Gasteiger partial charge in [0.05, 0.1) is 0 Å². The molecule has 3 heteroatoms. The van der Waals surface area contributed by atoms with Crippen molar-refractivity contribution in [3.63, 3.8) is 0 Å². The van der Waals surface area contributed by atoms with E-state index in [9.17, 15) is 0 Å². The van der Waals surface area contributed by atoms with Crippen molar-refractivity contribution in [1.29, 1.82) is 0 Å². The fourth-order valence-corrected chi connectivity index (χ4v) is 4.45. The lowest BCUT2D eigenvalue weighted by Crippen LogP contribution is -2.20. The predicted molar refractivity (Wildman–Crippen MR) is 102 cm³/mol. The maximum atomic E-state index is 5.91. The number of aromatic nitrogens is 1. The van der Waals surface area contributed by atoms with Crippen LogP contribution < -0.4 is 5.73 Å². The Morgan fingerprint density at radius 2 is 1.83 bits per heavy atom. The molecule has 2 aromatic carbocycles. The maximum absolute atomic E-state index is 5.91. The zero-order valence-corrected chi connectivity index (χ0v) is 14.9. The quantitative estimate of drug-likeness (QED) is 0.779. The molecular formula is C21H27N3. The van der Waals surface area contributed by atoms with Gasteiger partial charge in [-0.25, -0.2) is 0 Å². The summed E-state index contributed by atoms with van der Waals surface area (Å²) in [6.45, 7) is 6.41. The lowest BCUT2D eigenvalue weighted by molar-refractivity contribution is 0.314. The van der Waals surface area contributed by atoms with Gasteiger partial charge >= 0.3 is 0 Å². The highest BCUT2D eigenvalue weighted by Crippen LogP contribution is 2.38. The Bertz CT molecular complexity index is 877. The van der Waals surface area contributed by atoms with E-state index in [1.165, 1.54) is 33.8 Å². The summed E-state index contributed by atoms with van der Waals surface area (Å²) in [5, 5.41) is 2.74. The largest absolute Gasteiger partial charge is 0.338 e. The molecule has 2 unspecified atom stereocenters. The van der Waals surface area contributed by atoms with E-state index in [1.807, 2.05) is 0 Å². The van der Waals surface area contributed by atoms with Crippen LogP contribution in [0.4, 0.5) is 0 Å². The van der Waals surface area contributed by atoms with Crippen LogP contribution in [0.5, 0.6) is 0 Å². The minimum Gasteiger partial charge on any atom is -0.338 e. The van der Waals surface area contributed by atoms with Gasteiger partial charge in [-0.3, -0.25) is 4.90 Å². The first-order chi connectivity index (χ1) is 11.6. The van der Waals surface area contributed by atoms with E-state index in [4.69, 9.17) is 5.73 Å².